The Kier molecular flexibility index (Phi) is 6.45. The Bertz CT molecular complexity index is 1790. The van der Waals surface area contributed by atoms with Gasteiger partial charge in [0, 0.05) is 12.8 Å². The Hall–Kier alpha value is -4.72. The van der Waals surface area contributed by atoms with Gasteiger partial charge in [0.25, 0.3) is 5.56 Å². The van der Waals surface area contributed by atoms with Gasteiger partial charge in [-0.25, -0.2) is 19.9 Å². The lowest BCUT2D eigenvalue weighted by molar-refractivity contribution is -0.124. The van der Waals surface area contributed by atoms with E-state index in [0.717, 1.165) is 0 Å². The molecule has 0 radical (unpaired) electrons. The number of H-pyrrole nitrogens is 1. The van der Waals surface area contributed by atoms with Gasteiger partial charge in [-0.2, -0.15) is 4.98 Å². The summed E-state index contributed by atoms with van der Waals surface area (Å²) in [6.45, 7) is 0. The number of nitrogens with one attached hydrogen (secondary N) is 3. The van der Waals surface area contributed by atoms with E-state index in [0.29, 0.717) is 11.2 Å². The second-order valence-electron chi connectivity index (χ2n) is 10.7. The van der Waals surface area contributed by atoms with Crippen molar-refractivity contribution in [3.05, 3.63) is 29.3 Å². The molecule has 7 heterocycles. The lowest BCUT2D eigenvalue weighted by Gasteiger charge is -2.24. The fourth-order valence-corrected chi connectivity index (χ4v) is 6.02. The molecular weight excluding hydrogens is 568 g/mol. The Balaban J connectivity index is 1.16. The topological polar surface area (TPSA) is 276 Å². The van der Waals surface area contributed by atoms with Crippen LogP contribution in [0.1, 0.15) is 38.1 Å². The zero-order valence-electron chi connectivity index (χ0n) is 22.4. The number of nitrogens with two attached hydrogens (primary N) is 2. The molecule has 4 aromatic heterocycles. The Labute approximate surface area is 240 Å². The summed E-state index contributed by atoms with van der Waals surface area (Å²) in [5.41, 5.74) is 11.9. The van der Waals surface area contributed by atoms with Crippen molar-refractivity contribution in [2.45, 2.75) is 74.6 Å². The first kappa shape index (κ1) is 27.1. The van der Waals surface area contributed by atoms with Gasteiger partial charge in [-0.1, -0.05) is 0 Å². The van der Waals surface area contributed by atoms with Gasteiger partial charge in [0.05, 0.1) is 30.9 Å². The second kappa shape index (κ2) is 10.2. The number of ether oxygens (including phenoxy) is 2. The van der Waals surface area contributed by atoms with Crippen LogP contribution in [0.4, 0.5) is 11.8 Å². The Morgan fingerprint density at radius 3 is 2.21 bits per heavy atom. The largest absolute Gasteiger partial charge is 0.388 e. The maximum absolute atomic E-state index is 13.2. The molecule has 0 aromatic carbocycles. The minimum Gasteiger partial charge on any atom is -0.388 e. The van der Waals surface area contributed by atoms with E-state index in [1.54, 1.807) is 0 Å². The zero-order chi connectivity index (χ0) is 30.0. The predicted molar refractivity (Wildman–Crippen MR) is 144 cm³/mol. The van der Waals surface area contributed by atoms with Crippen molar-refractivity contribution < 1.29 is 29.3 Å². The van der Waals surface area contributed by atoms with E-state index in [9.17, 15) is 24.6 Å². The number of imidazole rings is 2. The molecule has 43 heavy (non-hydrogen) atoms. The number of hydrogen-bond donors (Lipinski definition) is 7. The van der Waals surface area contributed by atoms with Crippen LogP contribution in [0.2, 0.25) is 0 Å². The number of nitrogen functional groups attached to an aromatic ring is 2. The molecule has 7 rings (SSSR count). The van der Waals surface area contributed by atoms with Crippen LogP contribution in [0.3, 0.4) is 0 Å². The number of nitrogens with zero attached hydrogens (tertiary/aromatic N) is 7. The minimum atomic E-state index is -1.21. The van der Waals surface area contributed by atoms with Crippen LogP contribution >= 0.6 is 0 Å². The summed E-state index contributed by atoms with van der Waals surface area (Å²) in [6.07, 6.45) is -1.95. The summed E-state index contributed by atoms with van der Waals surface area (Å²) in [5, 5.41) is 28.1. The molecule has 0 aliphatic carbocycles. The maximum Gasteiger partial charge on any atom is 0.280 e. The zero-order valence-corrected chi connectivity index (χ0v) is 22.4. The van der Waals surface area contributed by atoms with Crippen LogP contribution in [0.5, 0.6) is 0 Å². The van der Waals surface area contributed by atoms with E-state index < -0.39 is 66.3 Å². The van der Waals surface area contributed by atoms with Crippen molar-refractivity contribution in [2.24, 2.45) is 0 Å². The second-order valence-corrected chi connectivity index (χ2v) is 10.7. The monoisotopic (exact) mass is 596 g/mol. The first-order valence-corrected chi connectivity index (χ1v) is 13.6. The molecule has 19 nitrogen and oxygen atoms in total. The summed E-state index contributed by atoms with van der Waals surface area (Å²) in [4.78, 5) is 61.6. The summed E-state index contributed by atoms with van der Waals surface area (Å²) in [7, 11) is 0. The highest BCUT2D eigenvalue weighted by Gasteiger charge is 2.49. The van der Waals surface area contributed by atoms with E-state index in [-0.39, 0.29) is 48.6 Å². The van der Waals surface area contributed by atoms with Crippen LogP contribution < -0.4 is 27.7 Å². The number of fused-ring (bicyclic) bond motifs is 5. The summed E-state index contributed by atoms with van der Waals surface area (Å²) in [6, 6.07) is -1.83. The molecule has 0 saturated carbocycles. The number of hydrogen-bond acceptors (Lipinski definition) is 14. The lowest BCUT2D eigenvalue weighted by Crippen LogP contribution is -2.47. The fourth-order valence-electron chi connectivity index (χ4n) is 6.02. The lowest BCUT2D eigenvalue weighted by atomic mass is 10.0. The molecule has 4 aromatic rings. The highest BCUT2D eigenvalue weighted by atomic mass is 16.5. The molecule has 9 N–H and O–H groups in total. The molecule has 3 aliphatic heterocycles. The highest BCUT2D eigenvalue weighted by molar-refractivity contribution is 5.81. The number of aromatic nitrogens is 8. The van der Waals surface area contributed by atoms with Gasteiger partial charge in [0.2, 0.25) is 17.8 Å². The molecule has 3 aliphatic rings. The van der Waals surface area contributed by atoms with E-state index in [1.807, 2.05) is 0 Å². The van der Waals surface area contributed by atoms with Crippen LogP contribution in [0, 0.1) is 0 Å². The number of aliphatic hydroxyl groups excluding tert-OH is 2. The van der Waals surface area contributed by atoms with Crippen molar-refractivity contribution in [3.8, 4) is 0 Å². The SMILES string of the molecule is Nc1nc2c(ncn2C2OC3CCC(=O)NC4C(CCC(=O)NC2C3O)OC(n2cnc3c(N)ncnc32)C4O)c(=O)[nH]1. The fraction of sp³-hybridized carbons (Fsp3) is 0.500. The molecule has 8 atom stereocenters. The van der Waals surface area contributed by atoms with Gasteiger partial charge in [0.15, 0.2) is 35.1 Å². The van der Waals surface area contributed by atoms with E-state index in [2.05, 4.69) is 40.5 Å². The number of aromatic amines is 1. The van der Waals surface area contributed by atoms with Gasteiger partial charge in [-0.15, -0.1) is 0 Å². The van der Waals surface area contributed by atoms with Crippen molar-refractivity contribution in [1.82, 2.24) is 49.7 Å². The summed E-state index contributed by atoms with van der Waals surface area (Å²) < 4.78 is 15.2. The normalized spacial score (nSPS) is 31.7. The Morgan fingerprint density at radius 2 is 1.44 bits per heavy atom. The third-order valence-electron chi connectivity index (χ3n) is 8.10. The first-order chi connectivity index (χ1) is 20.7. The van der Waals surface area contributed by atoms with Crippen molar-refractivity contribution in [3.63, 3.8) is 0 Å². The number of amides is 2. The molecule has 226 valence electrons. The predicted octanol–water partition coefficient (Wildman–Crippen LogP) is -2.82. The minimum absolute atomic E-state index is 0.00644. The molecule has 8 unspecified atom stereocenters. The third kappa shape index (κ3) is 4.52. The molecule has 19 heteroatoms. The van der Waals surface area contributed by atoms with E-state index >= 15 is 0 Å². The average Bonchev–Trinajstić information content (AvgIpc) is 3.72. The summed E-state index contributed by atoms with van der Waals surface area (Å²) >= 11 is 0. The Morgan fingerprint density at radius 1 is 0.791 bits per heavy atom. The molecule has 3 saturated heterocycles. The molecule has 2 bridgehead atoms. The average molecular weight is 597 g/mol. The molecule has 2 amide bonds. The number of carbonyl (C=O) groups excluding carboxylic acids is 2. The van der Waals surface area contributed by atoms with Crippen LogP contribution in [-0.4, -0.2) is 97.6 Å². The number of carbonyl (C=O) groups is 2. The highest BCUT2D eigenvalue weighted by Crippen LogP contribution is 2.36. The van der Waals surface area contributed by atoms with Crippen LogP contribution in [0.25, 0.3) is 22.3 Å². The van der Waals surface area contributed by atoms with E-state index in [4.69, 9.17) is 20.9 Å². The van der Waals surface area contributed by atoms with Crippen LogP contribution in [-0.2, 0) is 19.1 Å². The first-order valence-electron chi connectivity index (χ1n) is 13.6. The smallest absolute Gasteiger partial charge is 0.280 e. The maximum atomic E-state index is 13.2. The molecule has 3 fully saturated rings. The van der Waals surface area contributed by atoms with Crippen molar-refractivity contribution >= 4 is 45.9 Å². The number of aliphatic hydroxyl groups is 2. The van der Waals surface area contributed by atoms with E-state index in [1.165, 1.54) is 28.1 Å². The van der Waals surface area contributed by atoms with Gasteiger partial charge in [-0.05, 0) is 12.8 Å². The number of anilines is 2. The van der Waals surface area contributed by atoms with Crippen LogP contribution in [0.15, 0.2) is 23.8 Å². The molecular formula is C24H28N12O7. The standard InChI is InChI=1S/C24H28N12O7/c25-18-14-19(28-5-27-18)35(6-29-14)23-17(40)12-8(42-23)1-3-11(38)32-13-16(39)9(2-4-10(37)31-12)43-22(13)36-7-30-15-20(36)33-24(26)34-21(15)41/h5-9,12-13,16-17,22-23,39-40H,1-4H2,(H,31,37)(H,32,38)(H2,25,27,28)(H3,26,33,34,41). The van der Waals surface area contributed by atoms with Crippen molar-refractivity contribution in [1.29, 1.82) is 0 Å². The third-order valence-corrected chi connectivity index (χ3v) is 8.10. The van der Waals surface area contributed by atoms with Gasteiger partial charge in [0.1, 0.15) is 30.1 Å². The van der Waals surface area contributed by atoms with Gasteiger partial charge >= 0.3 is 0 Å². The van der Waals surface area contributed by atoms with Crippen molar-refractivity contribution in [2.75, 3.05) is 11.5 Å². The molecule has 0 spiro atoms. The summed E-state index contributed by atoms with van der Waals surface area (Å²) in [5.74, 6) is -0.827. The number of rotatable bonds is 2. The van der Waals surface area contributed by atoms with Gasteiger partial charge < -0.3 is 41.8 Å². The quantitative estimate of drug-likeness (QED) is 0.123. The van der Waals surface area contributed by atoms with Gasteiger partial charge in [-0.3, -0.25) is 28.5 Å².